The van der Waals surface area contributed by atoms with Crippen LogP contribution in [0.1, 0.15) is 24.8 Å². The maximum absolute atomic E-state index is 12.5. The maximum Gasteiger partial charge on any atom is 0.231 e. The molecule has 2 fully saturated rings. The first-order valence-corrected chi connectivity index (χ1v) is 10.9. The molecule has 142 valence electrons. The highest BCUT2D eigenvalue weighted by Crippen LogP contribution is 2.32. The summed E-state index contributed by atoms with van der Waals surface area (Å²) in [7, 11) is -2.86. The number of benzene rings is 1. The van der Waals surface area contributed by atoms with Gasteiger partial charge in [-0.2, -0.15) is 0 Å². The molecule has 1 atom stereocenters. The zero-order chi connectivity index (χ0) is 18.1. The van der Waals surface area contributed by atoms with Gasteiger partial charge in [0.05, 0.1) is 11.5 Å². The number of nitrogens with one attached hydrogen (secondary N) is 1. The number of hydrogen-bond acceptors (Lipinski definition) is 6. The molecule has 0 saturated carbocycles. The molecule has 26 heavy (non-hydrogen) atoms. The molecule has 1 aromatic carbocycles. The number of likely N-dealkylation sites (tertiary alicyclic amines) is 1. The molecule has 3 aliphatic heterocycles. The molecule has 7 nitrogen and oxygen atoms in total. The van der Waals surface area contributed by atoms with Gasteiger partial charge in [0.15, 0.2) is 21.3 Å². The fourth-order valence-corrected chi connectivity index (χ4v) is 5.74. The van der Waals surface area contributed by atoms with Crippen molar-refractivity contribution in [3.63, 3.8) is 0 Å². The van der Waals surface area contributed by atoms with Gasteiger partial charge >= 0.3 is 0 Å². The van der Waals surface area contributed by atoms with E-state index >= 15 is 0 Å². The molecule has 0 spiro atoms. The van der Waals surface area contributed by atoms with Crippen LogP contribution in [0, 0.1) is 5.92 Å². The number of fused-ring (bicyclic) bond motifs is 1. The third kappa shape index (κ3) is 3.81. The largest absolute Gasteiger partial charge is 0.454 e. The number of carbonyl (C=O) groups is 1. The molecule has 0 bridgehead atoms. The Balaban J connectivity index is 1.25. The fourth-order valence-electron chi connectivity index (χ4n) is 3.97. The summed E-state index contributed by atoms with van der Waals surface area (Å²) in [5.41, 5.74) is 0.983. The van der Waals surface area contributed by atoms with E-state index in [1.165, 1.54) is 0 Å². The van der Waals surface area contributed by atoms with E-state index in [1.807, 2.05) is 18.2 Å². The molecule has 1 aromatic rings. The monoisotopic (exact) mass is 380 g/mol. The van der Waals surface area contributed by atoms with Crippen LogP contribution in [0.25, 0.3) is 0 Å². The first-order chi connectivity index (χ1) is 12.5. The van der Waals surface area contributed by atoms with Crippen LogP contribution in [-0.2, 0) is 21.2 Å². The number of hydrogen-bond donors (Lipinski definition) is 1. The van der Waals surface area contributed by atoms with Gasteiger partial charge in [-0.1, -0.05) is 6.07 Å². The zero-order valence-electron chi connectivity index (χ0n) is 14.6. The Morgan fingerprint density at radius 2 is 1.92 bits per heavy atom. The lowest BCUT2D eigenvalue weighted by atomic mass is 9.94. The Bertz CT molecular complexity index is 787. The van der Waals surface area contributed by atoms with Crippen LogP contribution >= 0.6 is 0 Å². The number of ether oxygens (including phenoxy) is 2. The Hall–Kier alpha value is -1.80. The third-order valence-corrected chi connectivity index (χ3v) is 7.28. The van der Waals surface area contributed by atoms with Gasteiger partial charge in [0.25, 0.3) is 0 Å². The van der Waals surface area contributed by atoms with Crippen molar-refractivity contribution in [1.29, 1.82) is 0 Å². The van der Waals surface area contributed by atoms with Crippen molar-refractivity contribution in [2.45, 2.75) is 31.8 Å². The first kappa shape index (κ1) is 17.6. The minimum absolute atomic E-state index is 0.00160. The van der Waals surface area contributed by atoms with Gasteiger partial charge in [0, 0.05) is 18.5 Å². The summed E-state index contributed by atoms with van der Waals surface area (Å²) < 4.78 is 33.9. The highest BCUT2D eigenvalue weighted by molar-refractivity contribution is 7.91. The van der Waals surface area contributed by atoms with E-state index in [4.69, 9.17) is 9.47 Å². The number of nitrogens with zero attached hydrogens (tertiary/aromatic N) is 1. The van der Waals surface area contributed by atoms with E-state index < -0.39 is 9.84 Å². The SMILES string of the molecule is O=C(NCc1ccc2c(c1)OCO2)C1CCN([C@H]2CCS(=O)(=O)C2)CC1. The molecular weight excluding hydrogens is 356 g/mol. The molecule has 1 amide bonds. The van der Waals surface area contributed by atoms with E-state index in [2.05, 4.69) is 10.2 Å². The summed E-state index contributed by atoms with van der Waals surface area (Å²) in [5.74, 6) is 2.10. The van der Waals surface area contributed by atoms with Crippen LogP contribution in [0.15, 0.2) is 18.2 Å². The number of piperidine rings is 1. The highest BCUT2D eigenvalue weighted by Gasteiger charge is 2.35. The molecule has 1 N–H and O–H groups in total. The average molecular weight is 380 g/mol. The van der Waals surface area contributed by atoms with Crippen molar-refractivity contribution < 1.29 is 22.7 Å². The third-order valence-electron chi connectivity index (χ3n) is 5.53. The Morgan fingerprint density at radius 3 is 2.65 bits per heavy atom. The Labute approximate surface area is 153 Å². The second kappa shape index (κ2) is 7.08. The minimum atomic E-state index is -2.86. The molecule has 8 heteroatoms. The van der Waals surface area contributed by atoms with Crippen LogP contribution in [0.2, 0.25) is 0 Å². The van der Waals surface area contributed by atoms with Crippen molar-refractivity contribution in [2.75, 3.05) is 31.4 Å². The lowest BCUT2D eigenvalue weighted by molar-refractivity contribution is -0.126. The van der Waals surface area contributed by atoms with Crippen molar-refractivity contribution in [3.05, 3.63) is 23.8 Å². The molecule has 3 aliphatic rings. The molecule has 0 unspecified atom stereocenters. The normalized spacial score (nSPS) is 25.3. The van der Waals surface area contributed by atoms with Crippen LogP contribution in [0.3, 0.4) is 0 Å². The quantitative estimate of drug-likeness (QED) is 0.837. The fraction of sp³-hybridized carbons (Fsp3) is 0.611. The molecule has 0 aromatic heterocycles. The molecule has 0 aliphatic carbocycles. The van der Waals surface area contributed by atoms with E-state index in [1.54, 1.807) is 0 Å². The summed E-state index contributed by atoms with van der Waals surface area (Å²) in [6.45, 7) is 2.30. The smallest absolute Gasteiger partial charge is 0.231 e. The minimum Gasteiger partial charge on any atom is -0.454 e. The van der Waals surface area contributed by atoms with Gasteiger partial charge in [-0.05, 0) is 50.0 Å². The van der Waals surface area contributed by atoms with Crippen molar-refractivity contribution >= 4 is 15.7 Å². The van der Waals surface area contributed by atoms with Gasteiger partial charge < -0.3 is 14.8 Å². The van der Waals surface area contributed by atoms with Crippen LogP contribution in [0.4, 0.5) is 0 Å². The summed E-state index contributed by atoms with van der Waals surface area (Å²) in [6, 6.07) is 5.82. The second-order valence-electron chi connectivity index (χ2n) is 7.27. The van der Waals surface area contributed by atoms with Gasteiger partial charge in [-0.3, -0.25) is 9.69 Å². The van der Waals surface area contributed by atoms with Crippen molar-refractivity contribution in [2.24, 2.45) is 5.92 Å². The number of rotatable bonds is 4. The predicted molar refractivity (Wildman–Crippen MR) is 95.8 cm³/mol. The summed E-state index contributed by atoms with van der Waals surface area (Å²) in [5, 5.41) is 3.01. The summed E-state index contributed by atoms with van der Waals surface area (Å²) in [4.78, 5) is 14.7. The van der Waals surface area contributed by atoms with Gasteiger partial charge in [-0.25, -0.2) is 8.42 Å². The molecule has 0 radical (unpaired) electrons. The Kier molecular flexibility index (Phi) is 4.79. The summed E-state index contributed by atoms with van der Waals surface area (Å²) in [6.07, 6.45) is 2.29. The van der Waals surface area contributed by atoms with Crippen LogP contribution < -0.4 is 14.8 Å². The molecule has 4 rings (SSSR count). The van der Waals surface area contributed by atoms with Gasteiger partial charge in [-0.15, -0.1) is 0 Å². The highest BCUT2D eigenvalue weighted by atomic mass is 32.2. The number of sulfone groups is 1. The van der Waals surface area contributed by atoms with Gasteiger partial charge in [0.2, 0.25) is 12.7 Å². The van der Waals surface area contributed by atoms with E-state index in [0.29, 0.717) is 12.3 Å². The maximum atomic E-state index is 12.5. The number of carbonyl (C=O) groups excluding carboxylic acids is 1. The van der Waals surface area contributed by atoms with E-state index in [-0.39, 0.29) is 30.4 Å². The van der Waals surface area contributed by atoms with E-state index in [0.717, 1.165) is 49.4 Å². The Morgan fingerprint density at radius 1 is 1.15 bits per heavy atom. The van der Waals surface area contributed by atoms with Gasteiger partial charge in [0.1, 0.15) is 0 Å². The molecule has 3 heterocycles. The van der Waals surface area contributed by atoms with Crippen LogP contribution in [-0.4, -0.2) is 56.7 Å². The van der Waals surface area contributed by atoms with Crippen molar-refractivity contribution in [1.82, 2.24) is 10.2 Å². The topological polar surface area (TPSA) is 84.9 Å². The number of amides is 1. The van der Waals surface area contributed by atoms with Crippen molar-refractivity contribution in [3.8, 4) is 11.5 Å². The standard InChI is InChI=1S/C18H24N2O5S/c21-18(19-10-13-1-2-16-17(9-13)25-12-24-16)14-3-6-20(7-4-14)15-5-8-26(22,23)11-15/h1-2,9,14-15H,3-8,10-12H2,(H,19,21)/t15-/m0/s1. The van der Waals surface area contributed by atoms with E-state index in [9.17, 15) is 13.2 Å². The molecular formula is C18H24N2O5S. The summed E-state index contributed by atoms with van der Waals surface area (Å²) >= 11 is 0. The zero-order valence-corrected chi connectivity index (χ0v) is 15.5. The van der Waals surface area contributed by atoms with Crippen LogP contribution in [0.5, 0.6) is 11.5 Å². The lowest BCUT2D eigenvalue weighted by Gasteiger charge is -2.34. The lowest BCUT2D eigenvalue weighted by Crippen LogP contribution is -2.45. The average Bonchev–Trinajstić information content (AvgIpc) is 3.25. The predicted octanol–water partition coefficient (Wildman–Crippen LogP) is 0.931. The second-order valence-corrected chi connectivity index (χ2v) is 9.50. The molecule has 2 saturated heterocycles. The first-order valence-electron chi connectivity index (χ1n) is 9.11.